The molecule has 0 aromatic heterocycles. The number of carbonyl (C=O) groups excluding carboxylic acids is 1. The molecule has 0 N–H and O–H groups in total. The van der Waals surface area contributed by atoms with Crippen LogP contribution in [0.5, 0.6) is 0 Å². The van der Waals surface area contributed by atoms with Crippen molar-refractivity contribution in [1.82, 2.24) is 0 Å². The molecule has 0 amide bonds. The zero-order chi connectivity index (χ0) is 20.1. The van der Waals surface area contributed by atoms with Crippen molar-refractivity contribution in [1.29, 1.82) is 0 Å². The lowest BCUT2D eigenvalue weighted by Gasteiger charge is -2.60. The van der Waals surface area contributed by atoms with Crippen molar-refractivity contribution >= 4 is 5.78 Å². The zero-order valence-corrected chi connectivity index (χ0v) is 19.4. The lowest BCUT2D eigenvalue weighted by atomic mass is 9.44. The summed E-state index contributed by atoms with van der Waals surface area (Å²) in [4.78, 5) is 12.1. The number of hydrogen-bond acceptors (Lipinski definition) is 1. The molecule has 0 aromatic carbocycles. The Hall–Kier alpha value is -0.330. The van der Waals surface area contributed by atoms with Gasteiger partial charge in [0.1, 0.15) is 5.78 Å². The van der Waals surface area contributed by atoms with E-state index in [2.05, 4.69) is 34.6 Å². The smallest absolute Gasteiger partial charge is 0.133 e. The zero-order valence-electron chi connectivity index (χ0n) is 19.4. The highest BCUT2D eigenvalue weighted by Crippen LogP contribution is 2.68. The van der Waals surface area contributed by atoms with Gasteiger partial charge in [-0.3, -0.25) is 4.79 Å². The predicted molar refractivity (Wildman–Crippen MR) is 118 cm³/mol. The van der Waals surface area contributed by atoms with Gasteiger partial charge in [0.05, 0.1) is 0 Å². The number of hydrogen-bond donors (Lipinski definition) is 0. The van der Waals surface area contributed by atoms with Crippen molar-refractivity contribution in [2.75, 3.05) is 0 Å². The van der Waals surface area contributed by atoms with Gasteiger partial charge in [-0.15, -0.1) is 0 Å². The fourth-order valence-electron chi connectivity index (χ4n) is 9.07. The summed E-state index contributed by atoms with van der Waals surface area (Å²) in [5.74, 6) is 6.82. The first-order valence-electron chi connectivity index (χ1n) is 12.8. The second-order valence-electron chi connectivity index (χ2n) is 12.4. The summed E-state index contributed by atoms with van der Waals surface area (Å²) >= 11 is 0. The summed E-state index contributed by atoms with van der Waals surface area (Å²) in [6, 6.07) is 0. The Balaban J connectivity index is 1.47. The minimum absolute atomic E-state index is 0.471. The van der Waals surface area contributed by atoms with Crippen molar-refractivity contribution in [3.63, 3.8) is 0 Å². The molecular weight excluding hydrogens is 340 g/mol. The van der Waals surface area contributed by atoms with Gasteiger partial charge < -0.3 is 0 Å². The van der Waals surface area contributed by atoms with Crippen molar-refractivity contribution in [2.24, 2.45) is 52.3 Å². The molecule has 0 saturated heterocycles. The van der Waals surface area contributed by atoms with Gasteiger partial charge in [-0.05, 0) is 97.2 Å². The molecule has 4 rings (SSSR count). The van der Waals surface area contributed by atoms with Crippen LogP contribution < -0.4 is 0 Å². The molecule has 4 aliphatic carbocycles. The molecule has 4 aliphatic rings. The van der Waals surface area contributed by atoms with Crippen molar-refractivity contribution in [2.45, 2.75) is 112 Å². The minimum Gasteiger partial charge on any atom is -0.300 e. The van der Waals surface area contributed by atoms with Crippen LogP contribution in [0.15, 0.2) is 0 Å². The van der Waals surface area contributed by atoms with Crippen LogP contribution in [0.2, 0.25) is 0 Å². The SMILES string of the molecule is CC(C)CCC[C@@H](C)[C@@H]1CC[C@@H]2[C@H]3CC[C@H]4CC(=O)CC[C@]4(C)[C@@H]3CC[C@]21C. The highest BCUT2D eigenvalue weighted by molar-refractivity contribution is 5.79. The molecular formula is C27H46O. The maximum absolute atomic E-state index is 12.1. The highest BCUT2D eigenvalue weighted by atomic mass is 16.1. The van der Waals surface area contributed by atoms with Crippen molar-refractivity contribution in [3.8, 4) is 0 Å². The highest BCUT2D eigenvalue weighted by Gasteiger charge is 2.60. The van der Waals surface area contributed by atoms with Crippen LogP contribution in [0.25, 0.3) is 0 Å². The Morgan fingerprint density at radius 2 is 1.64 bits per heavy atom. The average molecular weight is 387 g/mol. The Kier molecular flexibility index (Phi) is 5.78. The first-order chi connectivity index (χ1) is 13.3. The molecule has 4 saturated carbocycles. The number of carbonyl (C=O) groups is 1. The Labute approximate surface area is 174 Å². The van der Waals surface area contributed by atoms with E-state index in [9.17, 15) is 4.79 Å². The normalized spacial score (nSPS) is 46.8. The summed E-state index contributed by atoms with van der Waals surface area (Å²) in [6.07, 6.45) is 15.9. The lowest BCUT2D eigenvalue weighted by Crippen LogP contribution is -2.53. The Morgan fingerprint density at radius 1 is 0.893 bits per heavy atom. The first-order valence-corrected chi connectivity index (χ1v) is 12.8. The van der Waals surface area contributed by atoms with Crippen LogP contribution in [0.1, 0.15) is 112 Å². The molecule has 160 valence electrons. The van der Waals surface area contributed by atoms with Gasteiger partial charge in [0.2, 0.25) is 0 Å². The second kappa shape index (κ2) is 7.73. The molecule has 0 heterocycles. The summed E-state index contributed by atoms with van der Waals surface area (Å²) in [7, 11) is 0. The summed E-state index contributed by atoms with van der Waals surface area (Å²) < 4.78 is 0. The summed E-state index contributed by atoms with van der Waals surface area (Å²) in [5, 5.41) is 0. The van der Waals surface area contributed by atoms with Crippen LogP contribution in [0.4, 0.5) is 0 Å². The Morgan fingerprint density at radius 3 is 2.39 bits per heavy atom. The molecule has 28 heavy (non-hydrogen) atoms. The van der Waals surface area contributed by atoms with Crippen LogP contribution in [0.3, 0.4) is 0 Å². The third-order valence-corrected chi connectivity index (χ3v) is 10.7. The molecule has 4 fully saturated rings. The van der Waals surface area contributed by atoms with E-state index in [0.29, 0.717) is 22.5 Å². The molecule has 0 radical (unpaired) electrons. The van der Waals surface area contributed by atoms with E-state index in [1.807, 2.05) is 0 Å². The van der Waals surface area contributed by atoms with E-state index in [-0.39, 0.29) is 0 Å². The number of Topliss-reactive ketones (excluding diaryl/α,β-unsaturated/α-hetero) is 1. The number of ketones is 1. The minimum atomic E-state index is 0.471. The van der Waals surface area contributed by atoms with Crippen LogP contribution in [-0.2, 0) is 4.79 Å². The fraction of sp³-hybridized carbons (Fsp3) is 0.963. The lowest BCUT2D eigenvalue weighted by molar-refractivity contribution is -0.140. The van der Waals surface area contributed by atoms with Gasteiger partial charge in [-0.2, -0.15) is 0 Å². The monoisotopic (exact) mass is 386 g/mol. The predicted octanol–water partition coefficient (Wildman–Crippen LogP) is 7.68. The van der Waals surface area contributed by atoms with Gasteiger partial charge in [0.15, 0.2) is 0 Å². The van der Waals surface area contributed by atoms with Gasteiger partial charge in [-0.25, -0.2) is 0 Å². The topological polar surface area (TPSA) is 17.1 Å². The van der Waals surface area contributed by atoms with E-state index in [1.165, 1.54) is 64.2 Å². The van der Waals surface area contributed by atoms with Crippen LogP contribution >= 0.6 is 0 Å². The molecule has 0 bridgehead atoms. The first kappa shape index (κ1) is 20.9. The quantitative estimate of drug-likeness (QED) is 0.473. The van der Waals surface area contributed by atoms with Gasteiger partial charge >= 0.3 is 0 Å². The van der Waals surface area contributed by atoms with Crippen LogP contribution in [-0.4, -0.2) is 5.78 Å². The third-order valence-electron chi connectivity index (χ3n) is 10.7. The second-order valence-corrected chi connectivity index (χ2v) is 12.4. The Bertz CT molecular complexity index is 579. The molecule has 0 aliphatic heterocycles. The molecule has 0 spiro atoms. The van der Waals surface area contributed by atoms with E-state index in [4.69, 9.17) is 0 Å². The standard InChI is InChI=1S/C27H46O/c1-18(2)7-6-8-19(3)23-11-12-24-22-10-9-20-17-21(28)13-15-26(20,4)25(22)14-16-27(23,24)5/h18-20,22-25H,6-17H2,1-5H3/t19-,20+,22-,23+,24-,25-,26+,27+/m1/s1. The largest absolute Gasteiger partial charge is 0.300 e. The van der Waals surface area contributed by atoms with E-state index in [1.54, 1.807) is 0 Å². The van der Waals surface area contributed by atoms with E-state index >= 15 is 0 Å². The van der Waals surface area contributed by atoms with Crippen molar-refractivity contribution < 1.29 is 4.79 Å². The van der Waals surface area contributed by atoms with E-state index < -0.39 is 0 Å². The summed E-state index contributed by atoms with van der Waals surface area (Å²) in [5.41, 5.74) is 1.07. The third kappa shape index (κ3) is 3.41. The fourth-order valence-corrected chi connectivity index (χ4v) is 9.07. The number of rotatable bonds is 5. The average Bonchev–Trinajstić information content (AvgIpc) is 2.99. The number of fused-ring (bicyclic) bond motifs is 5. The molecule has 1 heteroatoms. The van der Waals surface area contributed by atoms with Crippen molar-refractivity contribution in [3.05, 3.63) is 0 Å². The maximum Gasteiger partial charge on any atom is 0.133 e. The van der Waals surface area contributed by atoms with E-state index in [0.717, 1.165) is 48.3 Å². The van der Waals surface area contributed by atoms with Gasteiger partial charge in [-0.1, -0.05) is 53.9 Å². The van der Waals surface area contributed by atoms with Gasteiger partial charge in [0, 0.05) is 12.8 Å². The molecule has 0 unspecified atom stereocenters. The molecule has 0 aromatic rings. The summed E-state index contributed by atoms with van der Waals surface area (Å²) in [6.45, 7) is 12.6. The van der Waals surface area contributed by atoms with Gasteiger partial charge in [0.25, 0.3) is 0 Å². The maximum atomic E-state index is 12.1. The molecule has 1 nitrogen and oxygen atoms in total. The molecule has 8 atom stereocenters. The van der Waals surface area contributed by atoms with Crippen LogP contribution in [0, 0.1) is 52.3 Å².